The molecule has 0 spiro atoms. The maximum Gasteiger partial charge on any atom is 0.369 e. The third kappa shape index (κ3) is 8.16. The van der Waals surface area contributed by atoms with Gasteiger partial charge in [-0.1, -0.05) is 114 Å². The zero-order chi connectivity index (χ0) is 28.6. The number of phenolic OH excluding ortho intramolecular Hbond substituents is 2. The van der Waals surface area contributed by atoms with Gasteiger partial charge in [-0.25, -0.2) is 0 Å². The van der Waals surface area contributed by atoms with Gasteiger partial charge in [0.25, 0.3) is 0 Å². The minimum atomic E-state index is -3.12. The maximum absolute atomic E-state index is 11.4. The van der Waals surface area contributed by atoms with Gasteiger partial charge in [-0.3, -0.25) is 0 Å². The molecule has 0 saturated heterocycles. The van der Waals surface area contributed by atoms with Crippen molar-refractivity contribution in [3.63, 3.8) is 0 Å². The van der Waals surface area contributed by atoms with Gasteiger partial charge in [0, 0.05) is 17.0 Å². The first-order valence-corrected chi connectivity index (χ1v) is 13.6. The van der Waals surface area contributed by atoms with E-state index in [1.807, 2.05) is 0 Å². The van der Waals surface area contributed by atoms with Crippen LogP contribution >= 0.6 is 8.69 Å². The molecular formula is C30H48FO4P. The van der Waals surface area contributed by atoms with Crippen LogP contribution in [0.15, 0.2) is 24.3 Å². The summed E-state index contributed by atoms with van der Waals surface area (Å²) in [7, 11) is -3.12. The Hall–Kier alpha value is -1.68. The Bertz CT molecular complexity index is 965. The zero-order valence-electron chi connectivity index (χ0n) is 24.5. The van der Waals surface area contributed by atoms with Crippen LogP contribution in [-0.2, 0) is 21.7 Å². The monoisotopic (exact) mass is 522 g/mol. The topological polar surface area (TPSA) is 80.9 Å². The summed E-state index contributed by atoms with van der Waals surface area (Å²) in [4.78, 5) is 14.0. The van der Waals surface area contributed by atoms with E-state index in [-0.39, 0.29) is 27.6 Å². The molecule has 0 aliphatic heterocycles. The molecule has 0 amide bonds. The van der Waals surface area contributed by atoms with Gasteiger partial charge in [-0.15, -0.1) is 0 Å². The first-order valence-electron chi connectivity index (χ1n) is 12.5. The Balaban J connectivity index is 0.00000150. The van der Waals surface area contributed by atoms with Crippen LogP contribution < -0.4 is 0 Å². The molecule has 6 heteroatoms. The number of rotatable bonds is 2. The van der Waals surface area contributed by atoms with Crippen molar-refractivity contribution in [3.05, 3.63) is 57.6 Å². The Morgan fingerprint density at radius 3 is 1.03 bits per heavy atom. The van der Waals surface area contributed by atoms with Gasteiger partial charge in [0.05, 0.1) is 0 Å². The molecule has 0 unspecified atom stereocenters. The maximum atomic E-state index is 11.4. The predicted octanol–water partition coefficient (Wildman–Crippen LogP) is 8.61. The molecule has 0 bridgehead atoms. The number of hydrogen-bond donors (Lipinski definition) is 4. The molecule has 0 fully saturated rings. The molecule has 0 radical (unpaired) electrons. The summed E-state index contributed by atoms with van der Waals surface area (Å²) in [6, 6.07) is 8.57. The van der Waals surface area contributed by atoms with Gasteiger partial charge < -0.3 is 20.0 Å². The summed E-state index contributed by atoms with van der Waals surface area (Å²) in [6.45, 7) is 28.1. The van der Waals surface area contributed by atoms with E-state index in [0.717, 1.165) is 22.3 Å². The highest BCUT2D eigenvalue weighted by Crippen LogP contribution is 2.46. The van der Waals surface area contributed by atoms with Crippen molar-refractivity contribution in [2.24, 2.45) is 0 Å². The van der Waals surface area contributed by atoms with E-state index in [4.69, 9.17) is 9.79 Å². The lowest BCUT2D eigenvalue weighted by atomic mass is 9.74. The minimum absolute atomic E-state index is 0.0476. The summed E-state index contributed by atoms with van der Waals surface area (Å²) in [6.07, 6.45) is 0. The number of phenols is 2. The molecule has 0 saturated carbocycles. The number of benzene rings is 2. The lowest BCUT2D eigenvalue weighted by molar-refractivity contribution is 0.426. The fourth-order valence-corrected chi connectivity index (χ4v) is 4.15. The summed E-state index contributed by atoms with van der Waals surface area (Å²) in [5, 5.41) is 22.8. The van der Waals surface area contributed by atoms with Crippen molar-refractivity contribution in [2.75, 3.05) is 0 Å². The van der Waals surface area contributed by atoms with Gasteiger partial charge in [-0.2, -0.15) is 4.20 Å². The molecule has 0 aromatic heterocycles. The van der Waals surface area contributed by atoms with Crippen molar-refractivity contribution < 1.29 is 24.2 Å². The van der Waals surface area contributed by atoms with E-state index in [1.165, 1.54) is 11.1 Å². The van der Waals surface area contributed by atoms with Crippen LogP contribution in [0.1, 0.15) is 129 Å². The van der Waals surface area contributed by atoms with Crippen molar-refractivity contribution in [2.45, 2.75) is 118 Å². The summed E-state index contributed by atoms with van der Waals surface area (Å²) in [5.74, 6) is 0.536. The molecule has 0 heterocycles. The quantitative estimate of drug-likeness (QED) is 0.298. The highest BCUT2D eigenvalue weighted by Gasteiger charge is 2.31. The van der Waals surface area contributed by atoms with Crippen LogP contribution in [0.3, 0.4) is 0 Å². The van der Waals surface area contributed by atoms with Crippen molar-refractivity contribution in [1.82, 2.24) is 0 Å². The van der Waals surface area contributed by atoms with Crippen molar-refractivity contribution in [3.8, 4) is 11.5 Å². The van der Waals surface area contributed by atoms with Crippen molar-refractivity contribution >= 4 is 8.69 Å². The van der Waals surface area contributed by atoms with Crippen LogP contribution in [0.2, 0.25) is 0 Å². The molecule has 204 valence electrons. The van der Waals surface area contributed by atoms with Crippen molar-refractivity contribution in [1.29, 1.82) is 0 Å². The average molecular weight is 523 g/mol. The standard InChI is InChI=1S/C30H46O2.FH2O2P/c1-18(21-14-19(27(2,3)4)16-23(25(21)31)29(8,9)10)22-15-20(28(5,6)7)17-24(26(22)32)30(11,12)13;1-4(2)3/h14-18,31-32H,1-13H3;2-3H. The molecule has 2 aromatic carbocycles. The lowest BCUT2D eigenvalue weighted by Crippen LogP contribution is -2.19. The van der Waals surface area contributed by atoms with Gasteiger partial charge in [0.2, 0.25) is 0 Å². The first kappa shape index (κ1) is 32.3. The second-order valence-electron chi connectivity index (χ2n) is 13.9. The van der Waals surface area contributed by atoms with E-state index in [9.17, 15) is 14.4 Å². The molecule has 36 heavy (non-hydrogen) atoms. The molecule has 2 aromatic rings. The molecule has 0 atom stereocenters. The highest BCUT2D eigenvalue weighted by molar-refractivity contribution is 7.38. The number of aromatic hydroxyl groups is 2. The van der Waals surface area contributed by atoms with Gasteiger partial charge >= 0.3 is 8.69 Å². The van der Waals surface area contributed by atoms with Gasteiger partial charge in [0.15, 0.2) is 0 Å². The van der Waals surface area contributed by atoms with Crippen LogP contribution in [-0.4, -0.2) is 20.0 Å². The van der Waals surface area contributed by atoms with Crippen LogP contribution in [0.5, 0.6) is 11.5 Å². The SMILES string of the molecule is CC(c1cc(C(C)(C)C)cc(C(C)(C)C)c1O)c1cc(C(C)(C)C)cc(C(C)(C)C)c1O.OP(O)F. The Kier molecular flexibility index (Phi) is 9.86. The summed E-state index contributed by atoms with van der Waals surface area (Å²) >= 11 is 0. The smallest absolute Gasteiger partial charge is 0.369 e. The predicted molar refractivity (Wildman–Crippen MR) is 151 cm³/mol. The van der Waals surface area contributed by atoms with Gasteiger partial charge in [-0.05, 0) is 43.9 Å². The molecular weight excluding hydrogens is 474 g/mol. The van der Waals surface area contributed by atoms with Crippen LogP contribution in [0, 0.1) is 0 Å². The largest absolute Gasteiger partial charge is 0.507 e. The second-order valence-corrected chi connectivity index (χ2v) is 14.4. The molecule has 0 aliphatic rings. The van der Waals surface area contributed by atoms with Gasteiger partial charge in [0.1, 0.15) is 11.5 Å². The first-order chi connectivity index (χ1) is 15.9. The fraction of sp³-hybridized carbons (Fsp3) is 0.600. The van der Waals surface area contributed by atoms with E-state index < -0.39 is 8.69 Å². The van der Waals surface area contributed by atoms with E-state index in [2.05, 4.69) is 114 Å². The summed E-state index contributed by atoms with van der Waals surface area (Å²) in [5.41, 5.74) is 5.59. The number of hydrogen-bond acceptors (Lipinski definition) is 4. The third-order valence-corrected chi connectivity index (χ3v) is 6.56. The zero-order valence-corrected chi connectivity index (χ0v) is 25.4. The average Bonchev–Trinajstić information content (AvgIpc) is 2.63. The molecule has 2 rings (SSSR count). The van der Waals surface area contributed by atoms with Crippen LogP contribution in [0.25, 0.3) is 0 Å². The lowest BCUT2D eigenvalue weighted by Gasteiger charge is -2.31. The molecule has 0 aliphatic carbocycles. The Labute approximate surface area is 219 Å². The molecule has 4 N–H and O–H groups in total. The number of halogens is 1. The molecule has 4 nitrogen and oxygen atoms in total. The Morgan fingerprint density at radius 1 is 0.583 bits per heavy atom. The Morgan fingerprint density at radius 2 is 0.833 bits per heavy atom. The van der Waals surface area contributed by atoms with E-state index in [1.54, 1.807) is 0 Å². The van der Waals surface area contributed by atoms with Crippen LogP contribution in [0.4, 0.5) is 4.20 Å². The fourth-order valence-electron chi connectivity index (χ4n) is 4.15. The van der Waals surface area contributed by atoms with E-state index >= 15 is 0 Å². The highest BCUT2D eigenvalue weighted by atomic mass is 31.2. The second kappa shape index (κ2) is 11.0. The third-order valence-electron chi connectivity index (χ3n) is 6.56. The summed E-state index contributed by atoms with van der Waals surface area (Å²) < 4.78 is 10.2. The minimum Gasteiger partial charge on any atom is -0.507 e. The normalized spacial score (nSPS) is 13.2. The van der Waals surface area contributed by atoms with E-state index in [0.29, 0.717) is 11.5 Å².